The predicted molar refractivity (Wildman–Crippen MR) is 348 cm³/mol. The van der Waals surface area contributed by atoms with Gasteiger partial charge in [-0.25, -0.2) is 0 Å². The molecule has 0 aromatic carbocycles. The summed E-state index contributed by atoms with van der Waals surface area (Å²) in [6.45, 7) is 6.42. The van der Waals surface area contributed by atoms with Crippen molar-refractivity contribution in [1.82, 2.24) is 0 Å². The van der Waals surface area contributed by atoms with Gasteiger partial charge in [-0.3, -0.25) is 14.4 Å². The molecule has 1 atom stereocenters. The van der Waals surface area contributed by atoms with E-state index in [0.29, 0.717) is 19.3 Å². The predicted octanol–water partition coefficient (Wildman–Crippen LogP) is 23.4. The molecule has 0 aliphatic carbocycles. The first-order chi connectivity index (χ1) is 39.5. The molecule has 0 N–H and O–H groups in total. The molecule has 0 heterocycles. The molecule has 458 valence electrons. The minimum absolute atomic E-state index is 0.0930. The number of hydrogen-bond donors (Lipinski definition) is 0. The third-order valence-electron chi connectivity index (χ3n) is 14.5. The van der Waals surface area contributed by atoms with Crippen molar-refractivity contribution in [3.8, 4) is 0 Å². The molecular weight excluding hydrogens is 985 g/mol. The lowest BCUT2D eigenvalue weighted by atomic mass is 10.0. The smallest absolute Gasteiger partial charge is 0.306 e. The van der Waals surface area contributed by atoms with Crippen LogP contribution < -0.4 is 0 Å². The van der Waals surface area contributed by atoms with E-state index in [1.807, 2.05) is 0 Å². The molecule has 0 fully saturated rings. The van der Waals surface area contributed by atoms with Gasteiger partial charge in [-0.05, 0) is 103 Å². The second kappa shape index (κ2) is 67.6. The molecule has 0 radical (unpaired) electrons. The highest BCUT2D eigenvalue weighted by Crippen LogP contribution is 2.17. The molecule has 0 aromatic heterocycles. The molecule has 1 unspecified atom stereocenters. The van der Waals surface area contributed by atoms with Crippen molar-refractivity contribution in [2.24, 2.45) is 0 Å². The van der Waals surface area contributed by atoms with Crippen LogP contribution in [0.5, 0.6) is 0 Å². The maximum absolute atomic E-state index is 12.9. The van der Waals surface area contributed by atoms with Crippen LogP contribution in [-0.4, -0.2) is 37.2 Å². The Bertz CT molecular complexity index is 1610. The van der Waals surface area contributed by atoms with Crippen molar-refractivity contribution >= 4 is 17.9 Å². The van der Waals surface area contributed by atoms with E-state index >= 15 is 0 Å². The summed E-state index contributed by atoms with van der Waals surface area (Å²) in [6, 6.07) is 0. The van der Waals surface area contributed by atoms with Crippen LogP contribution in [0, 0.1) is 0 Å². The van der Waals surface area contributed by atoms with Gasteiger partial charge in [0, 0.05) is 19.3 Å². The highest BCUT2D eigenvalue weighted by Gasteiger charge is 2.19. The number of allylic oxidation sites excluding steroid dienone is 18. The highest BCUT2D eigenvalue weighted by molar-refractivity contribution is 5.71. The van der Waals surface area contributed by atoms with E-state index in [2.05, 4.69) is 130 Å². The Morgan fingerprint density at radius 3 is 0.762 bits per heavy atom. The number of unbranched alkanes of at least 4 members (excludes halogenated alkanes) is 32. The van der Waals surface area contributed by atoms with E-state index in [4.69, 9.17) is 14.2 Å². The first-order valence-electron chi connectivity index (χ1n) is 33.9. The second-order valence-electron chi connectivity index (χ2n) is 22.3. The average Bonchev–Trinajstić information content (AvgIpc) is 3.46. The van der Waals surface area contributed by atoms with Crippen LogP contribution in [0.4, 0.5) is 0 Å². The van der Waals surface area contributed by atoms with Gasteiger partial charge >= 0.3 is 17.9 Å². The van der Waals surface area contributed by atoms with Crippen LogP contribution in [0.15, 0.2) is 109 Å². The Labute approximate surface area is 495 Å². The number of esters is 3. The molecule has 0 rings (SSSR count). The lowest BCUT2D eigenvalue weighted by Gasteiger charge is -2.18. The quantitative estimate of drug-likeness (QED) is 0.0261. The van der Waals surface area contributed by atoms with Gasteiger partial charge in [-0.15, -0.1) is 0 Å². The SMILES string of the molecule is CC/C=C\C/C=C\C/C=C\C/C=C\C/C=C\C/C=C\CCCCCCC(=O)OC(COC(=O)CCCCCCC/C=C\C/C=C\C/C=C\CC)COC(=O)CCCCCCCCCCCCCCCCCCCCCCCCCC. The van der Waals surface area contributed by atoms with Gasteiger partial charge in [-0.1, -0.05) is 310 Å². The highest BCUT2D eigenvalue weighted by atomic mass is 16.6. The fraction of sp³-hybridized carbons (Fsp3) is 0.716. The average molecular weight is 1110 g/mol. The summed E-state index contributed by atoms with van der Waals surface area (Å²) in [4.78, 5) is 38.4. The minimum atomic E-state index is -0.802. The van der Waals surface area contributed by atoms with Crippen LogP contribution in [-0.2, 0) is 28.6 Å². The van der Waals surface area contributed by atoms with E-state index in [1.165, 1.54) is 135 Å². The van der Waals surface area contributed by atoms with Crippen molar-refractivity contribution in [3.63, 3.8) is 0 Å². The summed E-state index contributed by atoms with van der Waals surface area (Å²) in [7, 11) is 0. The zero-order valence-electron chi connectivity index (χ0n) is 52.6. The number of carbonyl (C=O) groups excluding carboxylic acids is 3. The Morgan fingerprint density at radius 1 is 0.263 bits per heavy atom. The van der Waals surface area contributed by atoms with Crippen LogP contribution in [0.25, 0.3) is 0 Å². The number of rotatable bonds is 61. The molecule has 0 saturated carbocycles. The minimum Gasteiger partial charge on any atom is -0.462 e. The Morgan fingerprint density at radius 2 is 0.487 bits per heavy atom. The maximum atomic E-state index is 12.9. The van der Waals surface area contributed by atoms with Gasteiger partial charge in [0.2, 0.25) is 0 Å². The third kappa shape index (κ3) is 64.9. The van der Waals surface area contributed by atoms with E-state index < -0.39 is 6.10 Å². The lowest BCUT2D eigenvalue weighted by molar-refractivity contribution is -0.167. The van der Waals surface area contributed by atoms with E-state index in [1.54, 1.807) is 0 Å². The molecule has 0 aliphatic heterocycles. The zero-order chi connectivity index (χ0) is 57.8. The van der Waals surface area contributed by atoms with Crippen molar-refractivity contribution in [2.75, 3.05) is 13.2 Å². The molecule has 6 heteroatoms. The molecule has 6 nitrogen and oxygen atoms in total. The first kappa shape index (κ1) is 76.1. The Hall–Kier alpha value is -3.93. The topological polar surface area (TPSA) is 78.9 Å². The van der Waals surface area contributed by atoms with Gasteiger partial charge in [-0.2, -0.15) is 0 Å². The Balaban J connectivity index is 4.39. The molecule has 80 heavy (non-hydrogen) atoms. The fourth-order valence-corrected chi connectivity index (χ4v) is 9.52. The summed E-state index contributed by atoms with van der Waals surface area (Å²) in [6.07, 6.45) is 92.5. The molecule has 0 amide bonds. The summed E-state index contributed by atoms with van der Waals surface area (Å²) in [5, 5.41) is 0. The van der Waals surface area contributed by atoms with Crippen molar-refractivity contribution < 1.29 is 28.6 Å². The molecule has 0 aromatic rings. The molecule has 0 spiro atoms. The molecule has 0 aliphatic rings. The monoisotopic (exact) mass is 1110 g/mol. The van der Waals surface area contributed by atoms with E-state index in [9.17, 15) is 14.4 Å². The van der Waals surface area contributed by atoms with Crippen molar-refractivity contribution in [1.29, 1.82) is 0 Å². The number of carbonyl (C=O) groups is 3. The molecule has 0 bridgehead atoms. The van der Waals surface area contributed by atoms with Gasteiger partial charge in [0.05, 0.1) is 0 Å². The largest absolute Gasteiger partial charge is 0.462 e. The molecular formula is C74H126O6. The van der Waals surface area contributed by atoms with Gasteiger partial charge in [0.1, 0.15) is 13.2 Å². The zero-order valence-corrected chi connectivity index (χ0v) is 52.6. The summed E-state index contributed by atoms with van der Waals surface area (Å²) in [5.41, 5.74) is 0. The lowest BCUT2D eigenvalue weighted by Crippen LogP contribution is -2.30. The maximum Gasteiger partial charge on any atom is 0.306 e. The first-order valence-corrected chi connectivity index (χ1v) is 33.9. The molecule has 0 saturated heterocycles. The van der Waals surface area contributed by atoms with Crippen molar-refractivity contribution in [3.05, 3.63) is 109 Å². The van der Waals surface area contributed by atoms with Crippen LogP contribution in [0.1, 0.15) is 323 Å². The van der Waals surface area contributed by atoms with Crippen LogP contribution >= 0.6 is 0 Å². The van der Waals surface area contributed by atoms with Crippen LogP contribution in [0.2, 0.25) is 0 Å². The number of hydrogen-bond acceptors (Lipinski definition) is 6. The Kier molecular flexibility index (Phi) is 64.3. The van der Waals surface area contributed by atoms with Gasteiger partial charge in [0.25, 0.3) is 0 Å². The standard InChI is InChI=1S/C74H126O6/c1-4-7-10-13-16-19-22-25-28-30-32-34-36-38-39-41-43-46-49-52-55-58-61-64-67-73(76)79-70-71(69-78-72(75)66-63-60-57-54-51-48-45-27-24-21-18-15-12-9-6-3)80-74(77)68-65-62-59-56-53-50-47-44-42-40-37-35-33-31-29-26-23-20-17-14-11-8-5-2/h8-9,11-12,17-18,20-21,26-27,29,33,35,40,42,45,47,50,71H,4-7,10,13-16,19,22-25,28,30-32,34,36-39,41,43-44,46,48-49,51-70H2,1-3H3/b11-8-,12-9-,20-17-,21-18-,29-26-,35-33-,42-40-,45-27-,50-47-. The number of ether oxygens (including phenoxy) is 3. The normalized spacial score (nSPS) is 12.8. The fourth-order valence-electron chi connectivity index (χ4n) is 9.52. The third-order valence-corrected chi connectivity index (χ3v) is 14.5. The van der Waals surface area contributed by atoms with Gasteiger partial charge in [0.15, 0.2) is 6.10 Å². The second-order valence-corrected chi connectivity index (χ2v) is 22.3. The van der Waals surface area contributed by atoms with Crippen molar-refractivity contribution in [2.45, 2.75) is 329 Å². The van der Waals surface area contributed by atoms with Crippen LogP contribution in [0.3, 0.4) is 0 Å². The summed E-state index contributed by atoms with van der Waals surface area (Å²) < 4.78 is 16.9. The summed E-state index contributed by atoms with van der Waals surface area (Å²) >= 11 is 0. The summed E-state index contributed by atoms with van der Waals surface area (Å²) in [5.74, 6) is -0.924. The van der Waals surface area contributed by atoms with E-state index in [-0.39, 0.29) is 31.1 Å². The van der Waals surface area contributed by atoms with E-state index in [0.717, 1.165) is 148 Å². The van der Waals surface area contributed by atoms with Gasteiger partial charge < -0.3 is 14.2 Å².